The first kappa shape index (κ1) is 14.5. The second kappa shape index (κ2) is 5.74. The summed E-state index contributed by atoms with van der Waals surface area (Å²) < 4.78 is 5.64. The van der Waals surface area contributed by atoms with Gasteiger partial charge in [-0.15, -0.1) is 11.8 Å². The zero-order chi connectivity index (χ0) is 15.0. The van der Waals surface area contributed by atoms with Crippen LogP contribution in [0.4, 0.5) is 0 Å². The van der Waals surface area contributed by atoms with Crippen molar-refractivity contribution in [2.45, 2.75) is 30.7 Å². The molecular formula is C18H21NOS. The molecule has 0 saturated carbocycles. The predicted molar refractivity (Wildman–Crippen MR) is 89.3 cm³/mol. The van der Waals surface area contributed by atoms with E-state index in [1.807, 2.05) is 11.8 Å². The molecule has 2 aromatic rings. The Morgan fingerprint density at radius 3 is 2.71 bits per heavy atom. The number of nitrogens with two attached hydrogens (primary N) is 1. The van der Waals surface area contributed by atoms with E-state index in [1.165, 1.54) is 21.6 Å². The van der Waals surface area contributed by atoms with Crippen LogP contribution in [0.2, 0.25) is 0 Å². The van der Waals surface area contributed by atoms with Crippen molar-refractivity contribution < 1.29 is 4.74 Å². The van der Waals surface area contributed by atoms with Gasteiger partial charge in [0.2, 0.25) is 0 Å². The van der Waals surface area contributed by atoms with Gasteiger partial charge in [-0.25, -0.2) is 0 Å². The molecule has 0 saturated heterocycles. The molecule has 0 aromatic heterocycles. The molecule has 0 bridgehead atoms. The Balaban J connectivity index is 2.01. The Bertz CT molecular complexity index is 668. The highest BCUT2D eigenvalue weighted by molar-refractivity contribution is 7.99. The Hall–Kier alpha value is -1.45. The lowest BCUT2D eigenvalue weighted by atomic mass is 9.87. The van der Waals surface area contributed by atoms with E-state index in [0.717, 1.165) is 17.1 Å². The maximum atomic E-state index is 6.62. The molecule has 1 aliphatic rings. The Morgan fingerprint density at radius 2 is 1.95 bits per heavy atom. The number of hydrogen-bond donors (Lipinski definition) is 1. The first-order valence-corrected chi connectivity index (χ1v) is 8.23. The van der Waals surface area contributed by atoms with E-state index in [9.17, 15) is 0 Å². The lowest BCUT2D eigenvalue weighted by Gasteiger charge is -2.23. The highest BCUT2D eigenvalue weighted by Crippen LogP contribution is 2.46. The van der Waals surface area contributed by atoms with Crippen LogP contribution in [0.1, 0.15) is 34.2 Å². The highest BCUT2D eigenvalue weighted by atomic mass is 32.2. The average Bonchev–Trinajstić information content (AvgIpc) is 2.93. The van der Waals surface area contributed by atoms with Crippen molar-refractivity contribution in [3.63, 3.8) is 0 Å². The quantitative estimate of drug-likeness (QED) is 0.922. The van der Waals surface area contributed by atoms with Crippen molar-refractivity contribution in [1.29, 1.82) is 0 Å². The van der Waals surface area contributed by atoms with Gasteiger partial charge in [0, 0.05) is 28.2 Å². The van der Waals surface area contributed by atoms with E-state index in [-0.39, 0.29) is 6.04 Å². The Labute approximate surface area is 130 Å². The van der Waals surface area contributed by atoms with Crippen molar-refractivity contribution in [2.24, 2.45) is 5.73 Å². The summed E-state index contributed by atoms with van der Waals surface area (Å²) in [6, 6.07) is 12.8. The standard InChI is InChI=1S/C18H21NOS/c1-11-8-9-14(18(20-3)12(11)2)17(19)15-10-21-16-7-5-4-6-13(15)16/h4-9,15,17H,10,19H2,1-3H3. The van der Waals surface area contributed by atoms with E-state index in [4.69, 9.17) is 10.5 Å². The van der Waals surface area contributed by atoms with Crippen LogP contribution in [-0.2, 0) is 0 Å². The molecule has 2 atom stereocenters. The fraction of sp³-hybridized carbons (Fsp3) is 0.333. The molecule has 3 heteroatoms. The van der Waals surface area contributed by atoms with Gasteiger partial charge in [0.1, 0.15) is 5.75 Å². The summed E-state index contributed by atoms with van der Waals surface area (Å²) in [5.74, 6) is 2.33. The van der Waals surface area contributed by atoms with Gasteiger partial charge in [-0.3, -0.25) is 0 Å². The molecule has 0 amide bonds. The van der Waals surface area contributed by atoms with Crippen LogP contribution >= 0.6 is 11.8 Å². The number of benzene rings is 2. The van der Waals surface area contributed by atoms with Crippen LogP contribution in [0.25, 0.3) is 0 Å². The van der Waals surface area contributed by atoms with E-state index in [1.54, 1.807) is 7.11 Å². The van der Waals surface area contributed by atoms with Crippen LogP contribution in [-0.4, -0.2) is 12.9 Å². The molecule has 0 aliphatic carbocycles. The molecule has 21 heavy (non-hydrogen) atoms. The molecule has 0 fully saturated rings. The fourth-order valence-electron chi connectivity index (χ4n) is 3.05. The van der Waals surface area contributed by atoms with Gasteiger partial charge >= 0.3 is 0 Å². The van der Waals surface area contributed by atoms with Gasteiger partial charge in [-0.2, -0.15) is 0 Å². The first-order valence-electron chi connectivity index (χ1n) is 7.25. The Morgan fingerprint density at radius 1 is 1.19 bits per heavy atom. The number of rotatable bonds is 3. The summed E-state index contributed by atoms with van der Waals surface area (Å²) in [4.78, 5) is 1.36. The van der Waals surface area contributed by atoms with Crippen LogP contribution in [0, 0.1) is 13.8 Å². The topological polar surface area (TPSA) is 35.2 Å². The van der Waals surface area contributed by atoms with E-state index < -0.39 is 0 Å². The van der Waals surface area contributed by atoms with Gasteiger partial charge in [0.15, 0.2) is 0 Å². The Kier molecular flexibility index (Phi) is 3.96. The summed E-state index contributed by atoms with van der Waals surface area (Å²) in [7, 11) is 1.73. The van der Waals surface area contributed by atoms with Crippen LogP contribution in [0.5, 0.6) is 5.75 Å². The number of methoxy groups -OCH3 is 1. The van der Waals surface area contributed by atoms with Crippen LogP contribution < -0.4 is 10.5 Å². The summed E-state index contributed by atoms with van der Waals surface area (Å²) in [6.07, 6.45) is 0. The minimum atomic E-state index is -0.0320. The van der Waals surface area contributed by atoms with E-state index >= 15 is 0 Å². The summed E-state index contributed by atoms with van der Waals surface area (Å²) in [6.45, 7) is 4.20. The van der Waals surface area contributed by atoms with Crippen molar-refractivity contribution in [2.75, 3.05) is 12.9 Å². The van der Waals surface area contributed by atoms with Crippen molar-refractivity contribution in [1.82, 2.24) is 0 Å². The fourth-order valence-corrected chi connectivity index (χ4v) is 4.35. The van der Waals surface area contributed by atoms with Crippen molar-refractivity contribution >= 4 is 11.8 Å². The van der Waals surface area contributed by atoms with Gasteiger partial charge in [-0.1, -0.05) is 30.3 Å². The average molecular weight is 299 g/mol. The summed E-state index contributed by atoms with van der Waals surface area (Å²) >= 11 is 1.90. The van der Waals surface area contributed by atoms with Gasteiger partial charge < -0.3 is 10.5 Å². The van der Waals surface area contributed by atoms with Gasteiger partial charge in [0.25, 0.3) is 0 Å². The molecule has 0 radical (unpaired) electrons. The smallest absolute Gasteiger partial charge is 0.126 e. The lowest BCUT2D eigenvalue weighted by molar-refractivity contribution is 0.399. The second-order valence-electron chi connectivity index (χ2n) is 5.61. The predicted octanol–water partition coefficient (Wildman–Crippen LogP) is 4.20. The third kappa shape index (κ3) is 2.45. The summed E-state index contributed by atoms with van der Waals surface area (Å²) in [5, 5.41) is 0. The third-order valence-corrected chi connectivity index (χ3v) is 5.65. The van der Waals surface area contributed by atoms with Crippen LogP contribution in [0.15, 0.2) is 41.3 Å². The normalized spacial score (nSPS) is 18.4. The van der Waals surface area contributed by atoms with Gasteiger partial charge in [0.05, 0.1) is 7.11 Å². The van der Waals surface area contributed by atoms with E-state index in [2.05, 4.69) is 50.2 Å². The maximum absolute atomic E-state index is 6.62. The lowest BCUT2D eigenvalue weighted by Crippen LogP contribution is -2.21. The first-order chi connectivity index (χ1) is 10.1. The molecule has 2 aromatic carbocycles. The number of ether oxygens (including phenoxy) is 1. The number of thioether (sulfide) groups is 1. The van der Waals surface area contributed by atoms with Gasteiger partial charge in [-0.05, 0) is 36.6 Å². The molecule has 2 unspecified atom stereocenters. The maximum Gasteiger partial charge on any atom is 0.126 e. The van der Waals surface area contributed by atoms with Crippen molar-refractivity contribution in [3.8, 4) is 5.75 Å². The highest BCUT2D eigenvalue weighted by Gasteiger charge is 2.30. The zero-order valence-corrected chi connectivity index (χ0v) is 13.5. The van der Waals surface area contributed by atoms with Crippen LogP contribution in [0.3, 0.4) is 0 Å². The molecule has 2 nitrogen and oxygen atoms in total. The SMILES string of the molecule is COc1c(C(N)C2CSc3ccccc32)ccc(C)c1C. The number of hydrogen-bond acceptors (Lipinski definition) is 3. The molecule has 3 rings (SSSR count). The molecule has 1 heterocycles. The van der Waals surface area contributed by atoms with E-state index in [0.29, 0.717) is 5.92 Å². The minimum Gasteiger partial charge on any atom is -0.496 e. The number of fused-ring (bicyclic) bond motifs is 1. The monoisotopic (exact) mass is 299 g/mol. The number of aryl methyl sites for hydroxylation is 1. The molecule has 1 aliphatic heterocycles. The molecule has 0 spiro atoms. The molecular weight excluding hydrogens is 278 g/mol. The molecule has 2 N–H and O–H groups in total. The largest absolute Gasteiger partial charge is 0.496 e. The van der Waals surface area contributed by atoms with Crippen molar-refractivity contribution in [3.05, 3.63) is 58.7 Å². The summed E-state index contributed by atoms with van der Waals surface area (Å²) in [5.41, 5.74) is 11.5. The zero-order valence-electron chi connectivity index (χ0n) is 12.7. The molecule has 110 valence electrons. The third-order valence-electron chi connectivity index (χ3n) is 4.44. The second-order valence-corrected chi connectivity index (χ2v) is 6.67. The minimum absolute atomic E-state index is 0.0320.